The Labute approximate surface area is 167 Å². The van der Waals surface area contributed by atoms with Crippen molar-refractivity contribution >= 4 is 17.8 Å². The fourth-order valence-electron chi connectivity index (χ4n) is 2.36. The van der Waals surface area contributed by atoms with Crippen molar-refractivity contribution < 1.29 is 18.8 Å². The molecule has 0 radical (unpaired) electrons. The van der Waals surface area contributed by atoms with Crippen molar-refractivity contribution in [2.45, 2.75) is 26.6 Å². The average molecular weight is 402 g/mol. The van der Waals surface area contributed by atoms with Crippen LogP contribution in [0.1, 0.15) is 25.3 Å². The molecule has 146 valence electrons. The van der Waals surface area contributed by atoms with E-state index in [-0.39, 0.29) is 12.7 Å². The summed E-state index contributed by atoms with van der Waals surface area (Å²) in [5, 5.41) is 8.44. The monoisotopic (exact) mass is 401 g/mol. The fraction of sp³-hybridized carbons (Fsp3) is 0.250. The summed E-state index contributed by atoms with van der Waals surface area (Å²) in [6.45, 7) is 3.96. The number of hydrogen-bond donors (Lipinski definition) is 0. The Bertz CT molecular complexity index is 956. The number of aromatic nitrogens is 2. The van der Waals surface area contributed by atoms with Crippen molar-refractivity contribution in [3.05, 3.63) is 58.9 Å². The number of halogens is 1. The molecule has 0 spiro atoms. The first-order valence-electron chi connectivity index (χ1n) is 8.63. The van der Waals surface area contributed by atoms with E-state index in [1.165, 1.54) is 0 Å². The first-order chi connectivity index (χ1) is 13.5. The molecule has 0 saturated heterocycles. The topological polar surface area (TPSA) is 79.0 Å². The van der Waals surface area contributed by atoms with E-state index in [1.807, 2.05) is 44.2 Å². The van der Waals surface area contributed by atoms with E-state index in [4.69, 9.17) is 30.4 Å². The van der Waals surface area contributed by atoms with Gasteiger partial charge < -0.3 is 18.8 Å². The molecule has 0 aliphatic rings. The predicted molar refractivity (Wildman–Crippen MR) is 106 cm³/mol. The lowest BCUT2D eigenvalue weighted by Crippen LogP contribution is -2.06. The number of ether oxygens (including phenoxy) is 2. The Hall–Kier alpha value is -3.06. The van der Waals surface area contributed by atoms with Crippen LogP contribution in [0.4, 0.5) is 0 Å². The Kier molecular flexibility index (Phi) is 6.49. The lowest BCUT2D eigenvalue weighted by Gasteiger charge is -2.13. The number of hydrogen-bond acceptors (Lipinski definition) is 7. The molecule has 8 heteroatoms. The molecule has 0 atom stereocenters. The van der Waals surface area contributed by atoms with Crippen LogP contribution in [0.5, 0.6) is 11.5 Å². The summed E-state index contributed by atoms with van der Waals surface area (Å²) < 4.78 is 16.2. The van der Waals surface area contributed by atoms with E-state index in [0.717, 1.165) is 11.1 Å². The first-order valence-corrected chi connectivity index (χ1v) is 9.01. The maximum atomic E-state index is 5.97. The average Bonchev–Trinajstić information content (AvgIpc) is 3.15. The Morgan fingerprint density at radius 3 is 2.79 bits per heavy atom. The lowest BCUT2D eigenvalue weighted by atomic mass is 10.2. The second-order valence-electron chi connectivity index (χ2n) is 6.11. The highest BCUT2D eigenvalue weighted by Crippen LogP contribution is 2.28. The van der Waals surface area contributed by atoms with Crippen LogP contribution in [0.25, 0.3) is 11.4 Å². The molecule has 28 heavy (non-hydrogen) atoms. The second-order valence-corrected chi connectivity index (χ2v) is 6.54. The van der Waals surface area contributed by atoms with Gasteiger partial charge in [-0.1, -0.05) is 34.0 Å². The minimum Gasteiger partial charge on any atom is -0.493 e. The molecule has 2 aromatic carbocycles. The summed E-state index contributed by atoms with van der Waals surface area (Å²) >= 11 is 5.97. The smallest absolute Gasteiger partial charge is 0.267 e. The zero-order valence-electron chi connectivity index (χ0n) is 15.8. The van der Waals surface area contributed by atoms with Gasteiger partial charge in [0.1, 0.15) is 0 Å². The van der Waals surface area contributed by atoms with Crippen LogP contribution in [0.2, 0.25) is 5.02 Å². The van der Waals surface area contributed by atoms with Gasteiger partial charge in [0.2, 0.25) is 5.82 Å². The molecule has 0 bridgehead atoms. The molecule has 0 aliphatic carbocycles. The number of nitrogens with zero attached hydrogens (tertiary/aromatic N) is 3. The van der Waals surface area contributed by atoms with Crippen LogP contribution in [-0.4, -0.2) is 29.6 Å². The van der Waals surface area contributed by atoms with Crippen LogP contribution in [0.15, 0.2) is 52.1 Å². The predicted octanol–water partition coefficient (Wildman–Crippen LogP) is 4.74. The SMILES string of the molecule is COc1cc(/C=N\OCc2nc(-c3cccc(Cl)c3)no2)ccc1OC(C)C. The highest BCUT2D eigenvalue weighted by molar-refractivity contribution is 6.30. The van der Waals surface area contributed by atoms with Gasteiger partial charge in [-0.15, -0.1) is 0 Å². The molecule has 3 aromatic rings. The van der Waals surface area contributed by atoms with Crippen LogP contribution < -0.4 is 9.47 Å². The molecule has 0 fully saturated rings. The van der Waals surface area contributed by atoms with E-state index < -0.39 is 0 Å². The minimum atomic E-state index is 0.0513. The van der Waals surface area contributed by atoms with Gasteiger partial charge in [-0.05, 0) is 44.2 Å². The summed E-state index contributed by atoms with van der Waals surface area (Å²) in [5.41, 5.74) is 1.57. The minimum absolute atomic E-state index is 0.0513. The summed E-state index contributed by atoms with van der Waals surface area (Å²) in [6.07, 6.45) is 1.62. The lowest BCUT2D eigenvalue weighted by molar-refractivity contribution is 0.107. The summed E-state index contributed by atoms with van der Waals surface area (Å²) in [6, 6.07) is 12.7. The molecule has 0 saturated carbocycles. The maximum absolute atomic E-state index is 5.97. The standard InChI is InChI=1S/C20H20ClN3O4/c1-13(2)27-17-8-7-14(9-18(17)25-3)11-22-26-12-19-23-20(24-28-19)15-5-4-6-16(21)10-15/h4-11,13H,12H2,1-3H3/b22-11-. The van der Waals surface area contributed by atoms with Gasteiger partial charge in [0.05, 0.1) is 19.4 Å². The number of methoxy groups -OCH3 is 1. The summed E-state index contributed by atoms with van der Waals surface area (Å²) in [4.78, 5) is 9.50. The molecule has 1 heterocycles. The van der Waals surface area contributed by atoms with Crippen LogP contribution in [-0.2, 0) is 11.4 Å². The molecule has 0 aliphatic heterocycles. The Balaban J connectivity index is 1.58. The third kappa shape index (κ3) is 5.23. The van der Waals surface area contributed by atoms with Crippen LogP contribution in [0, 0.1) is 0 Å². The van der Waals surface area contributed by atoms with Gasteiger partial charge in [-0.25, -0.2) is 0 Å². The Morgan fingerprint density at radius 1 is 1.18 bits per heavy atom. The van der Waals surface area contributed by atoms with E-state index in [9.17, 15) is 0 Å². The largest absolute Gasteiger partial charge is 0.493 e. The third-order valence-corrected chi connectivity index (χ3v) is 3.80. The van der Waals surface area contributed by atoms with Gasteiger partial charge in [0, 0.05) is 16.1 Å². The molecule has 3 rings (SSSR count). The quantitative estimate of drug-likeness (QED) is 0.401. The van der Waals surface area contributed by atoms with Crippen molar-refractivity contribution in [1.82, 2.24) is 10.1 Å². The highest BCUT2D eigenvalue weighted by atomic mass is 35.5. The maximum Gasteiger partial charge on any atom is 0.267 e. The first kappa shape index (κ1) is 19.7. The van der Waals surface area contributed by atoms with Gasteiger partial charge in [0.15, 0.2) is 18.1 Å². The molecular formula is C20H20ClN3O4. The van der Waals surface area contributed by atoms with Gasteiger partial charge in [-0.3, -0.25) is 0 Å². The Morgan fingerprint density at radius 2 is 2.04 bits per heavy atom. The fourth-order valence-corrected chi connectivity index (χ4v) is 2.55. The molecular weight excluding hydrogens is 382 g/mol. The molecule has 0 unspecified atom stereocenters. The van der Waals surface area contributed by atoms with Crippen LogP contribution >= 0.6 is 11.6 Å². The van der Waals surface area contributed by atoms with Gasteiger partial charge in [0.25, 0.3) is 5.89 Å². The van der Waals surface area contributed by atoms with E-state index in [2.05, 4.69) is 15.3 Å². The van der Waals surface area contributed by atoms with Crippen molar-refractivity contribution in [2.75, 3.05) is 7.11 Å². The molecule has 0 N–H and O–H groups in total. The number of oxime groups is 1. The van der Waals surface area contributed by atoms with E-state index >= 15 is 0 Å². The number of benzene rings is 2. The molecule has 7 nitrogen and oxygen atoms in total. The van der Waals surface area contributed by atoms with Crippen molar-refractivity contribution in [3.63, 3.8) is 0 Å². The zero-order valence-corrected chi connectivity index (χ0v) is 16.5. The van der Waals surface area contributed by atoms with Gasteiger partial charge >= 0.3 is 0 Å². The second kappa shape index (κ2) is 9.23. The number of rotatable bonds is 8. The summed E-state index contributed by atoms with van der Waals surface area (Å²) in [7, 11) is 1.59. The van der Waals surface area contributed by atoms with Crippen molar-refractivity contribution in [1.29, 1.82) is 0 Å². The molecule has 1 aromatic heterocycles. The third-order valence-electron chi connectivity index (χ3n) is 3.57. The molecule has 0 amide bonds. The van der Waals surface area contributed by atoms with Crippen molar-refractivity contribution in [2.24, 2.45) is 5.16 Å². The highest BCUT2D eigenvalue weighted by Gasteiger charge is 2.10. The van der Waals surface area contributed by atoms with Gasteiger partial charge in [-0.2, -0.15) is 4.98 Å². The zero-order chi connectivity index (χ0) is 19.9. The normalized spacial score (nSPS) is 11.2. The van der Waals surface area contributed by atoms with Crippen molar-refractivity contribution in [3.8, 4) is 22.9 Å². The van der Waals surface area contributed by atoms with E-state index in [0.29, 0.717) is 28.2 Å². The van der Waals surface area contributed by atoms with Crippen LogP contribution in [0.3, 0.4) is 0 Å². The summed E-state index contributed by atoms with van der Waals surface area (Å²) in [5.74, 6) is 2.05. The van der Waals surface area contributed by atoms with E-state index in [1.54, 1.807) is 25.5 Å².